The van der Waals surface area contributed by atoms with E-state index in [1.54, 1.807) is 0 Å². The lowest BCUT2D eigenvalue weighted by Gasteiger charge is -2.37. The maximum Gasteiger partial charge on any atom is 0.341 e. The molecule has 2 aliphatic heterocycles. The number of carboxylic acids is 1. The largest absolute Gasteiger partial charge is 0.508 e. The number of aromatic hydroxyl groups is 2. The minimum absolute atomic E-state index is 0.0263. The Labute approximate surface area is 199 Å². The topological polar surface area (TPSA) is 113 Å². The van der Waals surface area contributed by atoms with Crippen LogP contribution in [0.2, 0.25) is 20.1 Å². The summed E-state index contributed by atoms with van der Waals surface area (Å²) in [6.45, 7) is 0. The Bertz CT molecular complexity index is 1400. The summed E-state index contributed by atoms with van der Waals surface area (Å²) in [5.74, 6) is -3.07. The molecule has 11 heteroatoms. The van der Waals surface area contributed by atoms with Crippen LogP contribution in [0.1, 0.15) is 37.4 Å². The summed E-state index contributed by atoms with van der Waals surface area (Å²) in [7, 11) is 0. The van der Waals surface area contributed by atoms with Crippen LogP contribution in [-0.2, 0) is 10.3 Å². The van der Waals surface area contributed by atoms with Gasteiger partial charge in [-0.2, -0.15) is 0 Å². The lowest BCUT2D eigenvalue weighted by molar-refractivity contribution is 0.0215. The predicted octanol–water partition coefficient (Wildman–Crippen LogP) is 5.98. The zero-order valence-corrected chi connectivity index (χ0v) is 18.4. The first-order chi connectivity index (χ1) is 15.1. The Kier molecular flexibility index (Phi) is 4.49. The van der Waals surface area contributed by atoms with Crippen molar-refractivity contribution in [1.29, 1.82) is 0 Å². The second-order valence-electron chi connectivity index (χ2n) is 7.03. The Hall–Kier alpha value is -2.84. The van der Waals surface area contributed by atoms with Gasteiger partial charge in [0, 0.05) is 23.3 Å². The second-order valence-corrected chi connectivity index (χ2v) is 8.54. The van der Waals surface area contributed by atoms with E-state index < -0.39 is 28.9 Å². The number of halogens is 4. The number of esters is 1. The van der Waals surface area contributed by atoms with Gasteiger partial charge >= 0.3 is 11.9 Å². The molecule has 1 unspecified atom stereocenters. The van der Waals surface area contributed by atoms with Crippen LogP contribution in [0.3, 0.4) is 0 Å². The molecule has 3 aromatic carbocycles. The van der Waals surface area contributed by atoms with E-state index in [1.165, 1.54) is 18.2 Å². The molecule has 1 spiro atoms. The molecule has 0 bridgehead atoms. The summed E-state index contributed by atoms with van der Waals surface area (Å²) in [6.07, 6.45) is 0. The van der Waals surface area contributed by atoms with Gasteiger partial charge in [0.1, 0.15) is 23.0 Å². The van der Waals surface area contributed by atoms with E-state index in [2.05, 4.69) is 0 Å². The first kappa shape index (κ1) is 21.0. The molecule has 3 aromatic rings. The van der Waals surface area contributed by atoms with Crippen molar-refractivity contribution in [1.82, 2.24) is 0 Å². The third kappa shape index (κ3) is 2.56. The lowest BCUT2D eigenvalue weighted by atomic mass is 9.75. The van der Waals surface area contributed by atoms with Crippen LogP contribution in [0.15, 0.2) is 30.3 Å². The minimum Gasteiger partial charge on any atom is -0.508 e. The van der Waals surface area contributed by atoms with Crippen molar-refractivity contribution in [3.05, 3.63) is 78.2 Å². The zero-order valence-electron chi connectivity index (χ0n) is 15.4. The molecule has 2 heterocycles. The number of phenols is 2. The maximum absolute atomic E-state index is 13.1. The number of aromatic carboxylic acids is 1. The fourth-order valence-electron chi connectivity index (χ4n) is 4.11. The number of hydrogen-bond acceptors (Lipinski definition) is 6. The first-order valence-corrected chi connectivity index (χ1v) is 10.3. The first-order valence-electron chi connectivity index (χ1n) is 8.79. The highest BCUT2D eigenvalue weighted by Gasteiger charge is 2.58. The normalized spacial score (nSPS) is 17.9. The highest BCUT2D eigenvalue weighted by atomic mass is 35.5. The number of phenolic OH excluding ortho intramolecular Hbond substituents is 2. The van der Waals surface area contributed by atoms with Crippen LogP contribution in [0, 0.1) is 0 Å². The summed E-state index contributed by atoms with van der Waals surface area (Å²) in [5.41, 5.74) is -2.59. The molecular formula is C21H8Cl4O7. The molecule has 0 radical (unpaired) electrons. The average molecular weight is 514 g/mol. The number of fused-ring (bicyclic) bond motifs is 6. The van der Waals surface area contributed by atoms with Crippen LogP contribution >= 0.6 is 46.4 Å². The molecule has 0 amide bonds. The van der Waals surface area contributed by atoms with Crippen LogP contribution in [0.25, 0.3) is 0 Å². The third-order valence-electron chi connectivity index (χ3n) is 5.30. The number of rotatable bonds is 1. The lowest BCUT2D eigenvalue weighted by Crippen LogP contribution is -2.35. The van der Waals surface area contributed by atoms with E-state index in [0.29, 0.717) is 0 Å². The van der Waals surface area contributed by atoms with Gasteiger partial charge in [-0.3, -0.25) is 0 Å². The maximum atomic E-state index is 13.1. The van der Waals surface area contributed by atoms with Gasteiger partial charge in [0.25, 0.3) is 0 Å². The Morgan fingerprint density at radius 3 is 2.19 bits per heavy atom. The number of hydrogen-bond donors (Lipinski definition) is 3. The molecule has 0 aromatic heterocycles. The highest BCUT2D eigenvalue weighted by Crippen LogP contribution is 2.61. The summed E-state index contributed by atoms with van der Waals surface area (Å²) in [6, 6.07) is 6.06. The molecule has 162 valence electrons. The van der Waals surface area contributed by atoms with Crippen LogP contribution in [0.4, 0.5) is 0 Å². The molecular weight excluding hydrogens is 506 g/mol. The smallest absolute Gasteiger partial charge is 0.341 e. The molecule has 0 aliphatic carbocycles. The van der Waals surface area contributed by atoms with Crippen molar-refractivity contribution in [2.45, 2.75) is 5.60 Å². The van der Waals surface area contributed by atoms with Crippen LogP contribution in [-0.4, -0.2) is 27.3 Å². The molecule has 2 aliphatic rings. The van der Waals surface area contributed by atoms with E-state index in [9.17, 15) is 24.9 Å². The third-order valence-corrected chi connectivity index (χ3v) is 7.10. The van der Waals surface area contributed by atoms with Gasteiger partial charge in [0.05, 0.1) is 36.8 Å². The standard InChI is InChI=1S/C21H8Cl4O7/c22-15-12-14(16(23)18(25)17(15)24)21(32-20(12)30)9-2-1-6(26)4-10(9)31-11-5-7(27)3-8(13(11)21)19(28)29/h1-5,26-27H,(H,28,29). The van der Waals surface area contributed by atoms with E-state index in [-0.39, 0.29) is 59.6 Å². The van der Waals surface area contributed by atoms with Gasteiger partial charge in [-0.15, -0.1) is 0 Å². The minimum atomic E-state index is -1.97. The quantitative estimate of drug-likeness (QED) is 0.208. The number of benzene rings is 3. The van der Waals surface area contributed by atoms with Gasteiger partial charge in [0.15, 0.2) is 5.60 Å². The fraction of sp³-hybridized carbons (Fsp3) is 0.0476. The summed E-state index contributed by atoms with van der Waals surface area (Å²) >= 11 is 25.3. The van der Waals surface area contributed by atoms with Gasteiger partial charge < -0.3 is 24.8 Å². The highest BCUT2D eigenvalue weighted by molar-refractivity contribution is 6.53. The molecule has 5 rings (SSSR count). The number of carboxylic acid groups (broad SMARTS) is 1. The molecule has 1 atom stereocenters. The van der Waals surface area contributed by atoms with Crippen molar-refractivity contribution < 1.29 is 34.4 Å². The molecule has 3 N–H and O–H groups in total. The molecule has 0 fully saturated rings. The summed E-state index contributed by atoms with van der Waals surface area (Å²) in [4.78, 5) is 25.2. The second kappa shape index (κ2) is 6.83. The molecule has 0 saturated heterocycles. The molecule has 32 heavy (non-hydrogen) atoms. The van der Waals surface area contributed by atoms with Gasteiger partial charge in [-0.25, -0.2) is 9.59 Å². The number of carbonyl (C=O) groups is 2. The summed E-state index contributed by atoms with van der Waals surface area (Å²) in [5, 5.41) is 29.2. The number of carbonyl (C=O) groups excluding carboxylic acids is 1. The Morgan fingerprint density at radius 2 is 1.50 bits per heavy atom. The van der Waals surface area contributed by atoms with Crippen LogP contribution < -0.4 is 4.74 Å². The SMILES string of the molecule is O=C(O)c1cc(O)cc2c1C1(OC(=O)c3c(Cl)c(Cl)c(Cl)c(Cl)c31)c1ccc(O)cc1O2. The predicted molar refractivity (Wildman–Crippen MR) is 115 cm³/mol. The fourth-order valence-corrected chi connectivity index (χ4v) is 5.18. The van der Waals surface area contributed by atoms with E-state index >= 15 is 0 Å². The number of ether oxygens (including phenoxy) is 2. The van der Waals surface area contributed by atoms with Crippen molar-refractivity contribution in [3.63, 3.8) is 0 Å². The Balaban J connectivity index is 2.03. The van der Waals surface area contributed by atoms with Gasteiger partial charge in [-0.1, -0.05) is 46.4 Å². The van der Waals surface area contributed by atoms with Crippen molar-refractivity contribution in [2.24, 2.45) is 0 Å². The van der Waals surface area contributed by atoms with Crippen molar-refractivity contribution >= 4 is 58.3 Å². The van der Waals surface area contributed by atoms with Crippen molar-refractivity contribution in [3.8, 4) is 23.0 Å². The van der Waals surface area contributed by atoms with Crippen molar-refractivity contribution in [2.75, 3.05) is 0 Å². The van der Waals surface area contributed by atoms with Crippen LogP contribution in [0.5, 0.6) is 23.0 Å². The van der Waals surface area contributed by atoms with Gasteiger partial charge in [-0.05, 0) is 18.2 Å². The van der Waals surface area contributed by atoms with Gasteiger partial charge in [0.2, 0.25) is 0 Å². The van der Waals surface area contributed by atoms with E-state index in [4.69, 9.17) is 55.9 Å². The average Bonchev–Trinajstić information content (AvgIpc) is 3.02. The molecule has 0 saturated carbocycles. The molecule has 7 nitrogen and oxygen atoms in total. The zero-order chi connectivity index (χ0) is 23.1. The summed E-state index contributed by atoms with van der Waals surface area (Å²) < 4.78 is 11.6. The Morgan fingerprint density at radius 1 is 0.844 bits per heavy atom. The van der Waals surface area contributed by atoms with E-state index in [1.807, 2.05) is 0 Å². The monoisotopic (exact) mass is 512 g/mol. The van der Waals surface area contributed by atoms with E-state index in [0.717, 1.165) is 12.1 Å².